The lowest BCUT2D eigenvalue weighted by molar-refractivity contribution is -0.165. The minimum Gasteiger partial charge on any atom is -0.496 e. The number of aromatic nitrogens is 3. The maximum absolute atomic E-state index is 13.5. The lowest BCUT2D eigenvalue weighted by Gasteiger charge is -2.22. The largest absolute Gasteiger partial charge is 0.496 e. The number of hydrogen-bond donors (Lipinski definition) is 3. The second-order valence-corrected chi connectivity index (χ2v) is 15.3. The monoisotopic (exact) mass is 790 g/mol. The van der Waals surface area contributed by atoms with Crippen molar-refractivity contribution in [2.24, 2.45) is 0 Å². The maximum Gasteiger partial charge on any atom is 0.320 e. The van der Waals surface area contributed by atoms with Gasteiger partial charge in [0, 0.05) is 48.2 Å². The molecule has 2 amide bonds. The van der Waals surface area contributed by atoms with E-state index in [0.717, 1.165) is 59.6 Å². The highest BCUT2D eigenvalue weighted by Gasteiger charge is 2.22. The van der Waals surface area contributed by atoms with Crippen molar-refractivity contribution in [3.8, 4) is 22.9 Å². The fraction of sp³-hybridized carbons (Fsp3) is 0.378. The predicted molar refractivity (Wildman–Crippen MR) is 224 cm³/mol. The van der Waals surface area contributed by atoms with E-state index in [1.165, 1.54) is 6.21 Å². The van der Waals surface area contributed by atoms with Crippen molar-refractivity contribution in [3.05, 3.63) is 128 Å². The van der Waals surface area contributed by atoms with E-state index in [1.807, 2.05) is 79.7 Å². The first-order valence-corrected chi connectivity index (χ1v) is 19.6. The number of carbonyl (C=O) groups excluding carboxylic acids is 1. The Bertz CT molecular complexity index is 2270. The van der Waals surface area contributed by atoms with Gasteiger partial charge in [0.2, 0.25) is 0 Å². The van der Waals surface area contributed by atoms with E-state index >= 15 is 0 Å². The molecule has 3 aromatic carbocycles. The quantitative estimate of drug-likeness (QED) is 0.0677. The molecule has 1 saturated heterocycles. The second kappa shape index (κ2) is 19.0. The Labute approximate surface area is 339 Å². The highest BCUT2D eigenvalue weighted by atomic mass is 16.7. The topological polar surface area (TPSA) is 151 Å². The molecule has 3 N–H and O–H groups in total. The number of amides is 2. The number of methoxy groups -OCH3 is 1. The van der Waals surface area contributed by atoms with Crippen molar-refractivity contribution in [1.29, 1.82) is 5.41 Å². The van der Waals surface area contributed by atoms with Crippen LogP contribution >= 0.6 is 0 Å². The van der Waals surface area contributed by atoms with E-state index in [9.17, 15) is 9.59 Å². The van der Waals surface area contributed by atoms with Crippen LogP contribution in [0, 0.1) is 19.3 Å². The number of benzene rings is 3. The molecule has 1 atom stereocenters. The van der Waals surface area contributed by atoms with E-state index in [-0.39, 0.29) is 30.4 Å². The molecule has 3 heterocycles. The summed E-state index contributed by atoms with van der Waals surface area (Å²) >= 11 is 0. The molecule has 0 radical (unpaired) electrons. The van der Waals surface area contributed by atoms with E-state index in [4.69, 9.17) is 34.2 Å². The third kappa shape index (κ3) is 10.5. The first-order valence-electron chi connectivity index (χ1n) is 19.6. The minimum absolute atomic E-state index is 0.156. The Morgan fingerprint density at radius 2 is 1.78 bits per heavy atom. The lowest BCUT2D eigenvalue weighted by atomic mass is 9.92. The van der Waals surface area contributed by atoms with Crippen molar-refractivity contribution in [1.82, 2.24) is 19.7 Å². The number of carbonyl (C=O) groups is 1. The summed E-state index contributed by atoms with van der Waals surface area (Å²) in [5.74, 6) is 2.27. The molecule has 0 bridgehead atoms. The van der Waals surface area contributed by atoms with Gasteiger partial charge in [-0.25, -0.2) is 9.48 Å². The van der Waals surface area contributed by atoms with Crippen LogP contribution in [-0.4, -0.2) is 59.8 Å². The molecule has 6 rings (SSSR count). The number of aryl methyl sites for hydroxylation is 1. The molecular weight excluding hydrogens is 737 g/mol. The molecule has 0 saturated carbocycles. The highest BCUT2D eigenvalue weighted by Crippen LogP contribution is 2.28. The van der Waals surface area contributed by atoms with Crippen molar-refractivity contribution in [2.45, 2.75) is 85.3 Å². The zero-order valence-electron chi connectivity index (χ0n) is 34.2. The average Bonchev–Trinajstić information content (AvgIpc) is 3.66. The molecule has 13 heteroatoms. The molecule has 1 fully saturated rings. The minimum atomic E-state index is -0.397. The first-order chi connectivity index (χ1) is 27.9. The van der Waals surface area contributed by atoms with Crippen LogP contribution in [0.15, 0.2) is 83.7 Å². The summed E-state index contributed by atoms with van der Waals surface area (Å²) in [6, 6.07) is 24.2. The molecule has 2 aromatic heterocycles. The summed E-state index contributed by atoms with van der Waals surface area (Å²) in [7, 11) is 1.57. The van der Waals surface area contributed by atoms with Gasteiger partial charge in [-0.1, -0.05) is 57.2 Å². The number of hydrogen-bond acceptors (Lipinski definition) is 9. The van der Waals surface area contributed by atoms with Gasteiger partial charge in [-0.05, 0) is 80.1 Å². The fourth-order valence-corrected chi connectivity index (χ4v) is 6.65. The molecule has 1 unspecified atom stereocenters. The van der Waals surface area contributed by atoms with Gasteiger partial charge >= 0.3 is 6.03 Å². The van der Waals surface area contributed by atoms with Gasteiger partial charge in [0.15, 0.2) is 6.29 Å². The van der Waals surface area contributed by atoms with E-state index in [2.05, 4.69) is 31.4 Å². The van der Waals surface area contributed by atoms with Crippen LogP contribution in [0.25, 0.3) is 5.69 Å². The molecule has 1 aliphatic rings. The van der Waals surface area contributed by atoms with Crippen molar-refractivity contribution < 1.29 is 28.5 Å². The zero-order valence-corrected chi connectivity index (χ0v) is 34.2. The molecule has 1 aliphatic heterocycles. The van der Waals surface area contributed by atoms with Gasteiger partial charge in [0.1, 0.15) is 36.3 Å². The summed E-state index contributed by atoms with van der Waals surface area (Å²) in [6.07, 6.45) is 4.14. The highest BCUT2D eigenvalue weighted by molar-refractivity contribution is 5.88. The normalized spacial score (nSPS) is 14.1. The predicted octanol–water partition coefficient (Wildman–Crippen LogP) is 7.83. The summed E-state index contributed by atoms with van der Waals surface area (Å²) in [5.41, 5.74) is 5.62. The van der Waals surface area contributed by atoms with Gasteiger partial charge in [0.25, 0.3) is 5.56 Å². The van der Waals surface area contributed by atoms with Crippen LogP contribution in [0.4, 0.5) is 10.6 Å². The fourth-order valence-electron chi connectivity index (χ4n) is 6.65. The van der Waals surface area contributed by atoms with Gasteiger partial charge < -0.3 is 39.0 Å². The molecule has 58 heavy (non-hydrogen) atoms. The Balaban J connectivity index is 1.09. The third-order valence-electron chi connectivity index (χ3n) is 10.0. The summed E-state index contributed by atoms with van der Waals surface area (Å²) < 4.78 is 32.4. The van der Waals surface area contributed by atoms with Crippen LogP contribution < -0.4 is 30.4 Å². The van der Waals surface area contributed by atoms with Crippen LogP contribution in [-0.2, 0) is 34.6 Å². The van der Waals surface area contributed by atoms with Crippen LogP contribution in [0.1, 0.15) is 79.2 Å². The van der Waals surface area contributed by atoms with Gasteiger partial charge in [-0.15, -0.1) is 0 Å². The Morgan fingerprint density at radius 1 is 0.966 bits per heavy atom. The maximum atomic E-state index is 13.5. The van der Waals surface area contributed by atoms with Crippen molar-refractivity contribution in [2.75, 3.05) is 32.2 Å². The standard InChI is InChI=1S/C45H54N6O7/c1-30-22-39(31(2)43(52)50(30)28-32-17-18-38(54-6)35(23-32)26-46)58-29-34-13-8-7-12-33(34)27-47-44(53)48-41-25-40(45(3,4)5)49-51(41)36-14-11-15-37(24-36)55-20-21-57-42-16-9-10-19-56-42/h7-8,11-15,17-18,22-26,42,46H,9-10,16,19-21,27-29H2,1-6H3,(H2,47,48,53). The smallest absolute Gasteiger partial charge is 0.320 e. The SMILES string of the molecule is COc1ccc(Cn2c(C)cc(OCc3ccccc3CNC(=O)Nc3cc(C(C)(C)C)nn3-c3cccc(OCCOC4CCCCO4)c3)c(C)c2=O)cc1C=N. The number of rotatable bonds is 16. The third-order valence-corrected chi connectivity index (χ3v) is 10.0. The van der Waals surface area contributed by atoms with Gasteiger partial charge in [-0.3, -0.25) is 10.1 Å². The summed E-state index contributed by atoms with van der Waals surface area (Å²) in [4.78, 5) is 27.0. The van der Waals surface area contributed by atoms with Crippen LogP contribution in [0.2, 0.25) is 0 Å². The summed E-state index contributed by atoms with van der Waals surface area (Å²) in [6.45, 7) is 12.2. The van der Waals surface area contributed by atoms with Gasteiger partial charge in [-0.2, -0.15) is 5.10 Å². The number of ether oxygens (including phenoxy) is 5. The first kappa shape index (κ1) is 41.7. The number of urea groups is 1. The lowest BCUT2D eigenvalue weighted by Crippen LogP contribution is -2.29. The average molecular weight is 791 g/mol. The summed E-state index contributed by atoms with van der Waals surface area (Å²) in [5, 5.41) is 18.6. The van der Waals surface area contributed by atoms with Crippen LogP contribution in [0.5, 0.6) is 17.2 Å². The Hall–Kier alpha value is -5.92. The number of anilines is 1. The molecule has 0 aliphatic carbocycles. The zero-order chi connectivity index (χ0) is 41.2. The molecule has 306 valence electrons. The second-order valence-electron chi connectivity index (χ2n) is 15.3. The number of pyridine rings is 1. The van der Waals surface area contributed by atoms with E-state index < -0.39 is 6.03 Å². The number of nitrogens with one attached hydrogen (secondary N) is 3. The van der Waals surface area contributed by atoms with Crippen molar-refractivity contribution >= 4 is 18.1 Å². The molecular formula is C45H54N6O7. The van der Waals surface area contributed by atoms with E-state index in [1.54, 1.807) is 29.3 Å². The van der Waals surface area contributed by atoms with E-state index in [0.29, 0.717) is 54.0 Å². The van der Waals surface area contributed by atoms with Gasteiger partial charge in [0.05, 0.1) is 37.2 Å². The Kier molecular flexibility index (Phi) is 13.7. The molecule has 0 spiro atoms. The Morgan fingerprint density at radius 3 is 2.52 bits per heavy atom. The molecule has 13 nitrogen and oxygen atoms in total. The molecule has 5 aromatic rings. The van der Waals surface area contributed by atoms with Crippen molar-refractivity contribution in [3.63, 3.8) is 0 Å². The van der Waals surface area contributed by atoms with Crippen LogP contribution in [0.3, 0.4) is 0 Å². The number of nitrogens with zero attached hydrogens (tertiary/aromatic N) is 3.